The minimum Gasteiger partial charge on any atom is -0.354 e. The summed E-state index contributed by atoms with van der Waals surface area (Å²) in [5.74, 6) is 0.0654. The Morgan fingerprint density at radius 1 is 0.636 bits per heavy atom. The summed E-state index contributed by atoms with van der Waals surface area (Å²) in [4.78, 5) is 31.0. The van der Waals surface area contributed by atoms with Gasteiger partial charge in [-0.3, -0.25) is 19.7 Å². The molecule has 0 fully saturated rings. The van der Waals surface area contributed by atoms with Gasteiger partial charge in [0.2, 0.25) is 0 Å². The Morgan fingerprint density at radius 2 is 1.20 bits per heavy atom. The van der Waals surface area contributed by atoms with Gasteiger partial charge < -0.3 is 9.88 Å². The van der Waals surface area contributed by atoms with Crippen LogP contribution in [-0.4, -0.2) is 49.3 Å². The second kappa shape index (κ2) is 16.7. The van der Waals surface area contributed by atoms with Gasteiger partial charge in [-0.05, 0) is 147 Å². The number of hydrogen-bond acceptors (Lipinski definition) is 4. The van der Waals surface area contributed by atoms with Gasteiger partial charge in [-0.25, -0.2) is 0 Å². The average Bonchev–Trinajstić information content (AvgIpc) is 3.55. The van der Waals surface area contributed by atoms with Crippen molar-refractivity contribution < 1.29 is 4.79 Å². The number of aryl methyl sites for hydroxylation is 2. The fourth-order valence-electron chi connectivity index (χ4n) is 7.99. The van der Waals surface area contributed by atoms with Crippen molar-refractivity contribution in [2.75, 3.05) is 6.54 Å². The smallest absolute Gasteiger partial charge is 0.254 e. The minimum atomic E-state index is 0.0654. The number of nitrogens with one attached hydrogen (secondary N) is 1. The topological polar surface area (TPSA) is 65.1 Å². The monoisotopic (exact) mass is 725 g/mol. The largest absolute Gasteiger partial charge is 0.354 e. The molecule has 0 radical (unpaired) electrons. The Bertz CT molecular complexity index is 2280. The van der Waals surface area contributed by atoms with Gasteiger partial charge in [0.15, 0.2) is 0 Å². The van der Waals surface area contributed by atoms with E-state index in [1.54, 1.807) is 0 Å². The highest BCUT2D eigenvalue weighted by atomic mass is 16.2. The molecular formula is C49H51N5O. The quantitative estimate of drug-likeness (QED) is 0.129. The lowest BCUT2D eigenvalue weighted by Gasteiger charge is -2.31. The first-order valence-corrected chi connectivity index (χ1v) is 19.4. The van der Waals surface area contributed by atoms with Crippen LogP contribution in [0.5, 0.6) is 0 Å². The zero-order valence-corrected chi connectivity index (χ0v) is 32.9. The number of carbonyl (C=O) groups excluding carboxylic acids is 1. The standard InChI is InChI=1S/C49H51N5O/c1-33(2)54(34(3)4)49(55)41-17-18-47-46(28-41)45(48(52-47)44-24-35(5)23-36(6)25-44)19-22-53(31-37-11-7-13-39(26-37)42-15-9-20-50-29-42)32-38-12-8-14-40(27-38)43-16-10-21-51-30-43/h7-18,20-21,23-30,33-34,52H,19,22,31-32H2,1-6H3. The molecule has 278 valence electrons. The first-order chi connectivity index (χ1) is 26.6. The molecule has 0 saturated carbocycles. The first-order valence-electron chi connectivity index (χ1n) is 19.4. The molecule has 4 aromatic carbocycles. The van der Waals surface area contributed by atoms with Crippen LogP contribution in [0, 0.1) is 13.8 Å². The summed E-state index contributed by atoms with van der Waals surface area (Å²) in [5.41, 5.74) is 14.8. The maximum atomic E-state index is 14.0. The number of H-pyrrole nitrogens is 1. The number of nitrogens with zero attached hydrogens (tertiary/aromatic N) is 4. The number of aromatic amines is 1. The van der Waals surface area contributed by atoms with Gasteiger partial charge >= 0.3 is 0 Å². The second-order valence-corrected chi connectivity index (χ2v) is 15.4. The Kier molecular flexibility index (Phi) is 11.4. The highest BCUT2D eigenvalue weighted by Gasteiger charge is 2.24. The summed E-state index contributed by atoms with van der Waals surface area (Å²) in [6, 6.07) is 38.9. The molecule has 0 aliphatic carbocycles. The van der Waals surface area contributed by atoms with Crippen molar-refractivity contribution in [3.8, 4) is 33.5 Å². The summed E-state index contributed by atoms with van der Waals surface area (Å²) in [5, 5.41) is 1.10. The van der Waals surface area contributed by atoms with E-state index in [4.69, 9.17) is 0 Å². The predicted octanol–water partition coefficient (Wildman–Crippen LogP) is 11.1. The summed E-state index contributed by atoms with van der Waals surface area (Å²) < 4.78 is 0. The van der Waals surface area contributed by atoms with Crippen LogP contribution in [0.3, 0.4) is 0 Å². The Labute approximate surface area is 325 Å². The van der Waals surface area contributed by atoms with Crippen LogP contribution >= 0.6 is 0 Å². The van der Waals surface area contributed by atoms with E-state index >= 15 is 0 Å². The van der Waals surface area contributed by atoms with Crippen molar-refractivity contribution in [2.24, 2.45) is 0 Å². The van der Waals surface area contributed by atoms with E-state index in [0.717, 1.165) is 70.5 Å². The van der Waals surface area contributed by atoms with Crippen LogP contribution in [-0.2, 0) is 19.5 Å². The molecule has 0 saturated heterocycles. The maximum absolute atomic E-state index is 14.0. The van der Waals surface area contributed by atoms with E-state index in [1.165, 1.54) is 33.4 Å². The molecule has 3 aromatic heterocycles. The van der Waals surface area contributed by atoms with Gasteiger partial charge in [-0.15, -0.1) is 0 Å². The molecule has 0 bridgehead atoms. The number of benzene rings is 4. The number of rotatable bonds is 13. The zero-order valence-electron chi connectivity index (χ0n) is 32.9. The van der Waals surface area contributed by atoms with Gasteiger partial charge in [-0.2, -0.15) is 0 Å². The van der Waals surface area contributed by atoms with Crippen LogP contribution in [0.1, 0.15) is 65.9 Å². The normalized spacial score (nSPS) is 11.6. The van der Waals surface area contributed by atoms with Crippen molar-refractivity contribution in [2.45, 2.75) is 73.1 Å². The van der Waals surface area contributed by atoms with Gasteiger partial charge in [0.05, 0.1) is 0 Å². The molecule has 0 spiro atoms. The summed E-state index contributed by atoms with van der Waals surface area (Å²) in [6.07, 6.45) is 8.27. The van der Waals surface area contributed by atoms with Crippen molar-refractivity contribution in [3.05, 3.63) is 167 Å². The molecule has 1 N–H and O–H groups in total. The fraction of sp³-hybridized carbons (Fsp3) is 0.245. The van der Waals surface area contributed by atoms with Crippen molar-refractivity contribution in [1.29, 1.82) is 0 Å². The van der Waals surface area contributed by atoms with Crippen LogP contribution in [0.25, 0.3) is 44.4 Å². The number of carbonyl (C=O) groups is 1. The van der Waals surface area contributed by atoms with Crippen LogP contribution in [0.15, 0.2) is 134 Å². The fourth-order valence-corrected chi connectivity index (χ4v) is 7.99. The zero-order chi connectivity index (χ0) is 38.5. The highest BCUT2D eigenvalue weighted by Crippen LogP contribution is 2.34. The molecule has 6 nitrogen and oxygen atoms in total. The van der Waals surface area contributed by atoms with Gasteiger partial charge in [0.25, 0.3) is 5.91 Å². The van der Waals surface area contributed by atoms with Crippen molar-refractivity contribution in [1.82, 2.24) is 24.8 Å². The van der Waals surface area contributed by atoms with Gasteiger partial charge in [-0.1, -0.05) is 65.7 Å². The number of hydrogen-bond donors (Lipinski definition) is 1. The second-order valence-electron chi connectivity index (χ2n) is 15.4. The lowest BCUT2D eigenvalue weighted by atomic mass is 9.98. The third-order valence-corrected chi connectivity index (χ3v) is 10.3. The van der Waals surface area contributed by atoms with E-state index in [0.29, 0.717) is 0 Å². The summed E-state index contributed by atoms with van der Waals surface area (Å²) in [6.45, 7) is 15.0. The van der Waals surface area contributed by atoms with E-state index in [1.807, 2.05) is 47.9 Å². The molecule has 0 atom stereocenters. The van der Waals surface area contributed by atoms with Crippen molar-refractivity contribution >= 4 is 16.8 Å². The van der Waals surface area contributed by atoms with E-state index in [9.17, 15) is 4.79 Å². The SMILES string of the molecule is Cc1cc(C)cc(-c2[nH]c3ccc(C(=O)N(C(C)C)C(C)C)cc3c2CCN(Cc2cccc(-c3cccnc3)c2)Cc2cccc(-c3cccnc3)c2)c1. The number of amides is 1. The van der Waals surface area contributed by atoms with Crippen LogP contribution < -0.4 is 0 Å². The average molecular weight is 726 g/mol. The molecule has 1 amide bonds. The van der Waals surface area contributed by atoms with E-state index < -0.39 is 0 Å². The highest BCUT2D eigenvalue weighted by molar-refractivity contribution is 6.00. The molecule has 7 aromatic rings. The van der Waals surface area contributed by atoms with E-state index in [-0.39, 0.29) is 18.0 Å². The number of pyridine rings is 2. The van der Waals surface area contributed by atoms with Crippen LogP contribution in [0.2, 0.25) is 0 Å². The summed E-state index contributed by atoms with van der Waals surface area (Å²) in [7, 11) is 0. The lowest BCUT2D eigenvalue weighted by Crippen LogP contribution is -2.42. The Balaban J connectivity index is 1.28. The molecule has 0 unspecified atom stereocenters. The Hall–Kier alpha value is -5.85. The maximum Gasteiger partial charge on any atom is 0.254 e. The molecule has 6 heteroatoms. The first kappa shape index (κ1) is 37.5. The molecule has 55 heavy (non-hydrogen) atoms. The third kappa shape index (κ3) is 8.77. The third-order valence-electron chi connectivity index (χ3n) is 10.3. The summed E-state index contributed by atoms with van der Waals surface area (Å²) >= 11 is 0. The molecule has 0 aliphatic rings. The molecule has 3 heterocycles. The van der Waals surface area contributed by atoms with Gasteiger partial charge in [0, 0.05) is 78.7 Å². The van der Waals surface area contributed by atoms with Gasteiger partial charge in [0.1, 0.15) is 0 Å². The minimum absolute atomic E-state index is 0.0654. The molecule has 0 aliphatic heterocycles. The van der Waals surface area contributed by atoms with Crippen LogP contribution in [0.4, 0.5) is 0 Å². The number of fused-ring (bicyclic) bond motifs is 1. The molecule has 7 rings (SSSR count). The predicted molar refractivity (Wildman–Crippen MR) is 227 cm³/mol. The molecular weight excluding hydrogens is 675 g/mol. The van der Waals surface area contributed by atoms with E-state index in [2.05, 4.69) is 152 Å². The number of aromatic nitrogens is 3. The van der Waals surface area contributed by atoms with Crippen molar-refractivity contribution in [3.63, 3.8) is 0 Å². The Morgan fingerprint density at radius 3 is 1.73 bits per heavy atom. The lowest BCUT2D eigenvalue weighted by molar-refractivity contribution is 0.0644.